The molecule has 1 aromatic heterocycles. The average Bonchev–Trinajstić information content (AvgIpc) is 2.81. The van der Waals surface area contributed by atoms with E-state index in [-0.39, 0.29) is 22.9 Å². The molecule has 0 spiro atoms. The summed E-state index contributed by atoms with van der Waals surface area (Å²) in [5.74, 6) is -1.72. The van der Waals surface area contributed by atoms with E-state index in [1.54, 1.807) is 6.07 Å². The average molecular weight is 305 g/mol. The summed E-state index contributed by atoms with van der Waals surface area (Å²) in [6.07, 6.45) is 0.851. The minimum Gasteiger partial charge on any atom is -0.508 e. The van der Waals surface area contributed by atoms with Crippen LogP contribution in [0.5, 0.6) is 5.75 Å². The number of carboxylic acid groups (broad SMARTS) is 1. The normalized spacial score (nSPS) is 10.4. The molecular weight excluding hydrogens is 290 g/mol. The van der Waals surface area contributed by atoms with Crippen molar-refractivity contribution in [2.24, 2.45) is 0 Å². The van der Waals surface area contributed by atoms with Gasteiger partial charge in [0.25, 0.3) is 5.91 Å². The summed E-state index contributed by atoms with van der Waals surface area (Å²) in [7, 11) is 0. The Morgan fingerprint density at radius 1 is 1.29 bits per heavy atom. The number of rotatable bonds is 4. The molecule has 6 heteroatoms. The third-order valence-corrected chi connectivity index (χ3v) is 4.43. The Kier molecular flexibility index (Phi) is 4.28. The highest BCUT2D eigenvalue weighted by Gasteiger charge is 2.16. The molecule has 1 amide bonds. The first-order valence-corrected chi connectivity index (χ1v) is 7.21. The number of benzene rings is 1. The van der Waals surface area contributed by atoms with Gasteiger partial charge in [-0.05, 0) is 43.2 Å². The van der Waals surface area contributed by atoms with Crippen LogP contribution >= 0.6 is 11.3 Å². The molecule has 0 aliphatic rings. The molecule has 0 aliphatic heterocycles. The number of amides is 1. The van der Waals surface area contributed by atoms with E-state index in [0.717, 1.165) is 22.9 Å². The molecule has 2 rings (SSSR count). The highest BCUT2D eigenvalue weighted by Crippen LogP contribution is 2.25. The largest absolute Gasteiger partial charge is 0.508 e. The van der Waals surface area contributed by atoms with Gasteiger partial charge in [0.2, 0.25) is 0 Å². The number of carbonyl (C=O) groups excluding carboxylic acids is 1. The Balaban J connectivity index is 2.29. The third kappa shape index (κ3) is 3.22. The Morgan fingerprint density at radius 3 is 2.57 bits per heavy atom. The molecule has 110 valence electrons. The van der Waals surface area contributed by atoms with E-state index in [1.165, 1.54) is 23.5 Å². The second-order valence-electron chi connectivity index (χ2n) is 4.56. The molecule has 0 saturated carbocycles. The fourth-order valence-electron chi connectivity index (χ4n) is 1.98. The van der Waals surface area contributed by atoms with E-state index in [2.05, 4.69) is 5.32 Å². The molecule has 0 radical (unpaired) electrons. The fraction of sp³-hybridized carbons (Fsp3) is 0.200. The standard InChI is InChI=1S/C15H15NO4S/c1-3-12-8(2)6-13(21-12)14(18)16-11-5-4-9(17)7-10(11)15(19)20/h4-7,17H,3H2,1-2H3,(H,16,18)(H,19,20). The zero-order valence-corrected chi connectivity index (χ0v) is 12.5. The number of hydrogen-bond acceptors (Lipinski definition) is 4. The van der Waals surface area contributed by atoms with Crippen molar-refractivity contribution in [3.05, 3.63) is 45.1 Å². The predicted octanol–water partition coefficient (Wildman–Crippen LogP) is 3.28. The number of carboxylic acids is 1. The molecule has 0 unspecified atom stereocenters. The number of nitrogens with one attached hydrogen (secondary N) is 1. The van der Waals surface area contributed by atoms with Crippen LogP contribution in [0.15, 0.2) is 24.3 Å². The van der Waals surface area contributed by atoms with E-state index >= 15 is 0 Å². The number of aryl methyl sites for hydroxylation is 2. The number of thiophene rings is 1. The zero-order valence-electron chi connectivity index (χ0n) is 11.6. The molecule has 1 aromatic carbocycles. The maximum Gasteiger partial charge on any atom is 0.337 e. The number of aromatic carboxylic acids is 1. The van der Waals surface area contributed by atoms with Crippen molar-refractivity contribution >= 4 is 28.9 Å². The van der Waals surface area contributed by atoms with Gasteiger partial charge in [0, 0.05) is 4.88 Å². The van der Waals surface area contributed by atoms with Crippen LogP contribution in [0.1, 0.15) is 37.4 Å². The number of phenols is 1. The lowest BCUT2D eigenvalue weighted by Gasteiger charge is -2.07. The van der Waals surface area contributed by atoms with Crippen LogP contribution in [0.3, 0.4) is 0 Å². The number of phenolic OH excluding ortho intramolecular Hbond substituents is 1. The predicted molar refractivity (Wildman–Crippen MR) is 81.5 cm³/mol. The fourth-order valence-corrected chi connectivity index (χ4v) is 2.99. The summed E-state index contributed by atoms with van der Waals surface area (Å²) < 4.78 is 0. The van der Waals surface area contributed by atoms with Gasteiger partial charge in [-0.15, -0.1) is 11.3 Å². The van der Waals surface area contributed by atoms with Gasteiger partial charge >= 0.3 is 5.97 Å². The molecule has 1 heterocycles. The first-order chi connectivity index (χ1) is 9.92. The second-order valence-corrected chi connectivity index (χ2v) is 5.70. The summed E-state index contributed by atoms with van der Waals surface area (Å²) in [5.41, 5.74) is 1.07. The van der Waals surface area contributed by atoms with Crippen molar-refractivity contribution in [2.75, 3.05) is 5.32 Å². The molecule has 0 fully saturated rings. The maximum atomic E-state index is 12.2. The van der Waals surface area contributed by atoms with Crippen molar-refractivity contribution < 1.29 is 19.8 Å². The summed E-state index contributed by atoms with van der Waals surface area (Å²) in [6, 6.07) is 5.60. The number of hydrogen-bond donors (Lipinski definition) is 3. The second kappa shape index (κ2) is 5.97. The van der Waals surface area contributed by atoms with E-state index in [0.29, 0.717) is 4.88 Å². The highest BCUT2D eigenvalue weighted by molar-refractivity contribution is 7.14. The smallest absolute Gasteiger partial charge is 0.337 e. The van der Waals surface area contributed by atoms with Gasteiger partial charge in [-0.25, -0.2) is 4.79 Å². The highest BCUT2D eigenvalue weighted by atomic mass is 32.1. The summed E-state index contributed by atoms with van der Waals surface area (Å²) in [5, 5.41) is 21.0. The topological polar surface area (TPSA) is 86.6 Å². The molecular formula is C15H15NO4S. The van der Waals surface area contributed by atoms with Gasteiger partial charge in [-0.3, -0.25) is 4.79 Å². The van der Waals surface area contributed by atoms with Crippen molar-refractivity contribution in [3.63, 3.8) is 0 Å². The first kappa shape index (κ1) is 15.1. The van der Waals surface area contributed by atoms with Crippen molar-refractivity contribution in [2.45, 2.75) is 20.3 Å². The molecule has 0 bridgehead atoms. The Bertz CT molecular complexity index is 706. The summed E-state index contributed by atoms with van der Waals surface area (Å²) in [6.45, 7) is 3.96. The van der Waals surface area contributed by atoms with Crippen molar-refractivity contribution in [1.29, 1.82) is 0 Å². The lowest BCUT2D eigenvalue weighted by molar-refractivity contribution is 0.0697. The molecule has 3 N–H and O–H groups in total. The van der Waals surface area contributed by atoms with Gasteiger partial charge in [0.1, 0.15) is 5.75 Å². The van der Waals surface area contributed by atoms with E-state index in [1.807, 2.05) is 13.8 Å². The number of carbonyl (C=O) groups is 2. The Morgan fingerprint density at radius 2 is 2.00 bits per heavy atom. The quantitative estimate of drug-likeness (QED) is 0.757. The van der Waals surface area contributed by atoms with E-state index in [9.17, 15) is 14.7 Å². The molecule has 21 heavy (non-hydrogen) atoms. The van der Waals surface area contributed by atoms with Gasteiger partial charge in [-0.1, -0.05) is 6.92 Å². The number of aromatic hydroxyl groups is 1. The van der Waals surface area contributed by atoms with Crippen LogP contribution in [0.2, 0.25) is 0 Å². The Hall–Kier alpha value is -2.34. The lowest BCUT2D eigenvalue weighted by Crippen LogP contribution is -2.13. The molecule has 5 nitrogen and oxygen atoms in total. The molecule has 0 aliphatic carbocycles. The summed E-state index contributed by atoms with van der Waals surface area (Å²) in [4.78, 5) is 25.0. The van der Waals surface area contributed by atoms with Crippen LogP contribution in [0.4, 0.5) is 5.69 Å². The molecule has 0 atom stereocenters. The van der Waals surface area contributed by atoms with Gasteiger partial charge < -0.3 is 15.5 Å². The first-order valence-electron chi connectivity index (χ1n) is 6.39. The molecule has 2 aromatic rings. The summed E-state index contributed by atoms with van der Waals surface area (Å²) >= 11 is 1.40. The monoisotopic (exact) mass is 305 g/mol. The lowest BCUT2D eigenvalue weighted by atomic mass is 10.1. The van der Waals surface area contributed by atoms with Crippen molar-refractivity contribution in [1.82, 2.24) is 0 Å². The van der Waals surface area contributed by atoms with Gasteiger partial charge in [-0.2, -0.15) is 0 Å². The van der Waals surface area contributed by atoms with Gasteiger partial charge in [0.05, 0.1) is 16.1 Å². The minimum absolute atomic E-state index is 0.146. The van der Waals surface area contributed by atoms with Crippen LogP contribution in [-0.4, -0.2) is 22.1 Å². The number of anilines is 1. The van der Waals surface area contributed by atoms with Crippen LogP contribution in [0, 0.1) is 6.92 Å². The van der Waals surface area contributed by atoms with Crippen LogP contribution < -0.4 is 5.32 Å². The minimum atomic E-state index is -1.21. The van der Waals surface area contributed by atoms with Crippen molar-refractivity contribution in [3.8, 4) is 5.75 Å². The SMILES string of the molecule is CCc1sc(C(=O)Nc2ccc(O)cc2C(=O)O)cc1C. The van der Waals surface area contributed by atoms with E-state index < -0.39 is 5.97 Å². The van der Waals surface area contributed by atoms with Gasteiger partial charge in [0.15, 0.2) is 0 Å². The van der Waals surface area contributed by atoms with Crippen LogP contribution in [0.25, 0.3) is 0 Å². The Labute approximate surface area is 125 Å². The van der Waals surface area contributed by atoms with E-state index in [4.69, 9.17) is 5.11 Å². The molecule has 0 saturated heterocycles. The zero-order chi connectivity index (χ0) is 15.6. The third-order valence-electron chi connectivity index (χ3n) is 3.05. The maximum absolute atomic E-state index is 12.2. The van der Waals surface area contributed by atoms with Crippen LogP contribution in [-0.2, 0) is 6.42 Å².